The molecular formula is C19H19N3O2. The van der Waals surface area contributed by atoms with Crippen LogP contribution in [0.2, 0.25) is 0 Å². The van der Waals surface area contributed by atoms with Gasteiger partial charge < -0.3 is 10.1 Å². The summed E-state index contributed by atoms with van der Waals surface area (Å²) in [5, 5.41) is 7.15. The first-order valence-electron chi connectivity index (χ1n) is 7.83. The normalized spacial score (nSPS) is 10.4. The molecule has 0 saturated heterocycles. The van der Waals surface area contributed by atoms with E-state index in [0.717, 1.165) is 11.4 Å². The average molecular weight is 321 g/mol. The molecule has 24 heavy (non-hydrogen) atoms. The molecule has 5 heteroatoms. The molecule has 3 rings (SSSR count). The van der Waals surface area contributed by atoms with Crippen LogP contribution in [0.25, 0.3) is 5.69 Å². The van der Waals surface area contributed by atoms with Gasteiger partial charge in [0, 0.05) is 17.5 Å². The second-order valence-electron chi connectivity index (χ2n) is 5.31. The van der Waals surface area contributed by atoms with Crippen LogP contribution in [0.5, 0.6) is 5.75 Å². The van der Waals surface area contributed by atoms with Gasteiger partial charge in [-0.1, -0.05) is 12.1 Å². The van der Waals surface area contributed by atoms with E-state index in [1.54, 1.807) is 18.3 Å². The van der Waals surface area contributed by atoms with E-state index in [0.29, 0.717) is 23.6 Å². The van der Waals surface area contributed by atoms with Crippen molar-refractivity contribution in [2.24, 2.45) is 0 Å². The number of amides is 1. The molecule has 0 aliphatic rings. The maximum atomic E-state index is 12.4. The van der Waals surface area contributed by atoms with Gasteiger partial charge in [0.05, 0.1) is 18.0 Å². The number of carbonyl (C=O) groups is 1. The summed E-state index contributed by atoms with van der Waals surface area (Å²) in [6, 6.07) is 16.7. The Hall–Kier alpha value is -3.08. The second kappa shape index (κ2) is 7.00. The van der Waals surface area contributed by atoms with E-state index in [4.69, 9.17) is 4.74 Å². The van der Waals surface area contributed by atoms with Gasteiger partial charge in [-0.2, -0.15) is 5.10 Å². The van der Waals surface area contributed by atoms with Crippen molar-refractivity contribution in [3.63, 3.8) is 0 Å². The molecule has 1 amide bonds. The van der Waals surface area contributed by atoms with E-state index >= 15 is 0 Å². The highest BCUT2D eigenvalue weighted by Crippen LogP contribution is 2.24. The van der Waals surface area contributed by atoms with Crippen molar-refractivity contribution in [1.29, 1.82) is 0 Å². The molecule has 0 bridgehead atoms. The summed E-state index contributed by atoms with van der Waals surface area (Å²) < 4.78 is 7.35. The molecule has 1 heterocycles. The van der Waals surface area contributed by atoms with Crippen molar-refractivity contribution in [1.82, 2.24) is 9.78 Å². The van der Waals surface area contributed by atoms with E-state index in [-0.39, 0.29) is 5.91 Å². The quantitative estimate of drug-likeness (QED) is 0.777. The van der Waals surface area contributed by atoms with Crippen LogP contribution < -0.4 is 10.1 Å². The molecule has 0 atom stereocenters. The second-order valence-corrected chi connectivity index (χ2v) is 5.31. The van der Waals surface area contributed by atoms with Gasteiger partial charge in [0.2, 0.25) is 0 Å². The van der Waals surface area contributed by atoms with Gasteiger partial charge in [-0.25, -0.2) is 4.68 Å². The number of para-hydroxylation sites is 2. The van der Waals surface area contributed by atoms with Crippen molar-refractivity contribution >= 4 is 11.6 Å². The van der Waals surface area contributed by atoms with Crippen molar-refractivity contribution in [3.05, 3.63) is 72.1 Å². The number of benzene rings is 2. The lowest BCUT2D eigenvalue weighted by Gasteiger charge is -2.11. The highest BCUT2D eigenvalue weighted by atomic mass is 16.5. The molecule has 0 unspecified atom stereocenters. The van der Waals surface area contributed by atoms with Crippen LogP contribution in [0.1, 0.15) is 23.0 Å². The summed E-state index contributed by atoms with van der Waals surface area (Å²) in [6.45, 7) is 4.44. The fourth-order valence-electron chi connectivity index (χ4n) is 2.44. The van der Waals surface area contributed by atoms with E-state index in [1.165, 1.54) is 0 Å². The number of nitrogens with zero attached hydrogens (tertiary/aromatic N) is 2. The average Bonchev–Trinajstić information content (AvgIpc) is 3.03. The molecular weight excluding hydrogens is 302 g/mol. The third kappa shape index (κ3) is 3.30. The number of carbonyl (C=O) groups excluding carboxylic acids is 1. The Labute approximate surface area is 140 Å². The van der Waals surface area contributed by atoms with Gasteiger partial charge in [0.15, 0.2) is 0 Å². The van der Waals surface area contributed by atoms with Crippen LogP contribution in [0.15, 0.2) is 60.8 Å². The molecule has 0 radical (unpaired) electrons. The highest BCUT2D eigenvalue weighted by Gasteiger charge is 2.10. The first-order chi connectivity index (χ1) is 11.7. The Morgan fingerprint density at radius 1 is 1.12 bits per heavy atom. The number of aromatic nitrogens is 2. The van der Waals surface area contributed by atoms with Crippen molar-refractivity contribution in [2.45, 2.75) is 13.8 Å². The monoisotopic (exact) mass is 321 g/mol. The zero-order valence-electron chi connectivity index (χ0n) is 13.7. The fourth-order valence-corrected chi connectivity index (χ4v) is 2.44. The van der Waals surface area contributed by atoms with E-state index in [9.17, 15) is 4.79 Å². The minimum absolute atomic E-state index is 0.175. The van der Waals surface area contributed by atoms with Gasteiger partial charge in [-0.15, -0.1) is 0 Å². The topological polar surface area (TPSA) is 56.1 Å². The van der Waals surface area contributed by atoms with Crippen LogP contribution >= 0.6 is 0 Å². The Bertz CT molecular complexity index is 838. The van der Waals surface area contributed by atoms with Gasteiger partial charge in [-0.3, -0.25) is 4.79 Å². The van der Waals surface area contributed by atoms with Gasteiger partial charge >= 0.3 is 0 Å². The predicted molar refractivity (Wildman–Crippen MR) is 93.9 cm³/mol. The molecule has 1 aromatic heterocycles. The first-order valence-corrected chi connectivity index (χ1v) is 7.83. The summed E-state index contributed by atoms with van der Waals surface area (Å²) >= 11 is 0. The Morgan fingerprint density at radius 2 is 1.88 bits per heavy atom. The third-order valence-corrected chi connectivity index (χ3v) is 3.64. The predicted octanol–water partition coefficient (Wildman–Crippen LogP) is 3.83. The number of ether oxygens (including phenoxy) is 1. The number of aryl methyl sites for hydroxylation is 1. The maximum absolute atomic E-state index is 12.4. The molecule has 5 nitrogen and oxygen atoms in total. The molecule has 0 aliphatic heterocycles. The summed E-state index contributed by atoms with van der Waals surface area (Å²) in [4.78, 5) is 12.4. The largest absolute Gasteiger partial charge is 0.492 e. The lowest BCUT2D eigenvalue weighted by Crippen LogP contribution is -2.13. The fraction of sp³-hybridized carbons (Fsp3) is 0.158. The van der Waals surface area contributed by atoms with E-state index < -0.39 is 0 Å². The van der Waals surface area contributed by atoms with Crippen molar-refractivity contribution in [3.8, 4) is 11.4 Å². The zero-order chi connectivity index (χ0) is 16.9. The molecule has 2 aromatic carbocycles. The van der Waals surface area contributed by atoms with Gasteiger partial charge in [0.25, 0.3) is 5.91 Å². The Balaban J connectivity index is 1.78. The minimum atomic E-state index is -0.175. The van der Waals surface area contributed by atoms with E-state index in [1.807, 2.05) is 61.0 Å². The first kappa shape index (κ1) is 15.8. The summed E-state index contributed by atoms with van der Waals surface area (Å²) in [5.74, 6) is 0.489. The van der Waals surface area contributed by atoms with Crippen LogP contribution in [-0.4, -0.2) is 22.3 Å². The third-order valence-electron chi connectivity index (χ3n) is 3.64. The summed E-state index contributed by atoms with van der Waals surface area (Å²) in [7, 11) is 0. The summed E-state index contributed by atoms with van der Waals surface area (Å²) in [6.07, 6.45) is 1.75. The lowest BCUT2D eigenvalue weighted by atomic mass is 10.2. The van der Waals surface area contributed by atoms with E-state index in [2.05, 4.69) is 10.4 Å². The van der Waals surface area contributed by atoms with Gasteiger partial charge in [0.1, 0.15) is 5.75 Å². The molecule has 0 spiro atoms. The molecule has 0 fully saturated rings. The molecule has 122 valence electrons. The van der Waals surface area contributed by atoms with Crippen LogP contribution in [0, 0.1) is 6.92 Å². The Morgan fingerprint density at radius 3 is 2.54 bits per heavy atom. The van der Waals surface area contributed by atoms with Crippen molar-refractivity contribution in [2.75, 3.05) is 11.9 Å². The number of nitrogens with one attached hydrogen (secondary N) is 1. The van der Waals surface area contributed by atoms with Crippen molar-refractivity contribution < 1.29 is 9.53 Å². The van der Waals surface area contributed by atoms with Crippen LogP contribution in [0.4, 0.5) is 5.69 Å². The smallest absolute Gasteiger partial charge is 0.255 e. The lowest BCUT2D eigenvalue weighted by molar-refractivity contribution is 0.102. The number of hydrogen-bond donors (Lipinski definition) is 1. The molecule has 3 aromatic rings. The molecule has 0 saturated carbocycles. The molecule has 0 aliphatic carbocycles. The standard InChI is InChI=1S/C19H19N3O2/c1-3-24-18-7-5-4-6-17(18)21-19(23)15-8-10-16(11-9-15)22-14(2)12-13-20-22/h4-13H,3H2,1-2H3,(H,21,23). The van der Waals surface area contributed by atoms with Gasteiger partial charge in [-0.05, 0) is 56.3 Å². The SMILES string of the molecule is CCOc1ccccc1NC(=O)c1ccc(-n2nccc2C)cc1. The zero-order valence-corrected chi connectivity index (χ0v) is 13.7. The number of hydrogen-bond acceptors (Lipinski definition) is 3. The number of rotatable bonds is 5. The van der Waals surface area contributed by atoms with Crippen LogP contribution in [0.3, 0.4) is 0 Å². The van der Waals surface area contributed by atoms with Crippen LogP contribution in [-0.2, 0) is 0 Å². The highest BCUT2D eigenvalue weighted by molar-refractivity contribution is 6.05. The summed E-state index contributed by atoms with van der Waals surface area (Å²) in [5.41, 5.74) is 3.20. The maximum Gasteiger partial charge on any atom is 0.255 e. The Kier molecular flexibility index (Phi) is 4.61. The minimum Gasteiger partial charge on any atom is -0.492 e. The molecule has 1 N–H and O–H groups in total. The number of anilines is 1.